The molecule has 12 aliphatic rings. The summed E-state index contributed by atoms with van der Waals surface area (Å²) in [4.78, 5) is 52.6. The van der Waals surface area contributed by atoms with Gasteiger partial charge in [-0.25, -0.2) is 4.68 Å². The van der Waals surface area contributed by atoms with Crippen LogP contribution < -0.4 is 108 Å². The molecule has 18 rings (SSSR count). The molecule has 6 aromatic rings. The maximum Gasteiger partial charge on any atom is 1.00 e. The first-order chi connectivity index (χ1) is 49.5. The quantitative estimate of drug-likeness (QED) is 0.0345. The minimum Gasteiger partial charge on any atom is -1.00 e. The van der Waals surface area contributed by atoms with Crippen LogP contribution >= 0.6 is 15.9 Å². The fraction of sp³-hybridized carbons (Fsp3) is 0.750. The number of halogens is 1. The van der Waals surface area contributed by atoms with Crippen molar-refractivity contribution in [3.8, 4) is 0 Å². The Morgan fingerprint density at radius 2 is 0.798 bits per heavy atom. The number of hydrogen-bond acceptors (Lipinski definition) is 15. The molecule has 0 unspecified atom stereocenters. The molecule has 0 aliphatic heterocycles. The molecule has 12 aliphatic carbocycles. The van der Waals surface area contributed by atoms with Crippen molar-refractivity contribution in [3.05, 3.63) is 72.8 Å². The van der Waals surface area contributed by atoms with E-state index in [2.05, 4.69) is 98.3 Å². The van der Waals surface area contributed by atoms with E-state index in [9.17, 15) is 29.7 Å². The third-order valence-corrected chi connectivity index (χ3v) is 33.3. The van der Waals surface area contributed by atoms with Gasteiger partial charge in [0.1, 0.15) is 46.5 Å². The summed E-state index contributed by atoms with van der Waals surface area (Å²) < 4.78 is 1.81. The van der Waals surface area contributed by atoms with Crippen LogP contribution in [-0.4, -0.2) is 107 Å². The smallest absolute Gasteiger partial charge is 1.00 e. The summed E-state index contributed by atoms with van der Waals surface area (Å²) in [5, 5.41) is 69.0. The van der Waals surface area contributed by atoms with Crippen LogP contribution in [0.3, 0.4) is 0 Å². The van der Waals surface area contributed by atoms with E-state index < -0.39 is 16.8 Å². The Bertz CT molecular complexity index is 4030. The van der Waals surface area contributed by atoms with Crippen molar-refractivity contribution in [2.75, 3.05) is 5.33 Å². The molecule has 592 valence electrons. The van der Waals surface area contributed by atoms with Crippen molar-refractivity contribution in [1.29, 1.82) is 0 Å². The van der Waals surface area contributed by atoms with Crippen molar-refractivity contribution < 1.29 is 149 Å². The zero-order valence-electron chi connectivity index (χ0n) is 66.6. The summed E-state index contributed by atoms with van der Waals surface area (Å²) in [6.07, 6.45) is 31.2. The molecular formula is C88H132BrK2N9O9. The van der Waals surface area contributed by atoms with E-state index in [1.807, 2.05) is 93.6 Å². The number of H-pyrrole nitrogens is 1. The Kier molecular flexibility index (Phi) is 29.7. The van der Waals surface area contributed by atoms with E-state index in [1.165, 1.54) is 103 Å². The number of aromatic nitrogens is 9. The molecule has 12 saturated carbocycles. The van der Waals surface area contributed by atoms with Gasteiger partial charge in [0.2, 0.25) is 0 Å². The molecule has 3 aromatic heterocycles. The summed E-state index contributed by atoms with van der Waals surface area (Å²) in [5.41, 5.74) is 5.61. The predicted molar refractivity (Wildman–Crippen MR) is 424 cm³/mol. The van der Waals surface area contributed by atoms with Crippen LogP contribution in [0.15, 0.2) is 72.8 Å². The fourth-order valence-electron chi connectivity index (χ4n) is 27.3. The molecule has 3 heterocycles. The largest absolute Gasteiger partial charge is 1.00 e. The van der Waals surface area contributed by atoms with Crippen molar-refractivity contribution in [2.24, 2.45) is 121 Å². The topological polar surface area (TPSA) is 264 Å². The molecule has 4 N–H and O–H groups in total. The molecule has 0 bridgehead atoms. The number of carbonyl (C=O) groups is 4. The maximum atomic E-state index is 13.6. The number of alkyl halides is 1. The Morgan fingerprint density at radius 1 is 0.468 bits per heavy atom. The van der Waals surface area contributed by atoms with E-state index >= 15 is 0 Å². The molecule has 3 aromatic carbocycles. The van der Waals surface area contributed by atoms with Crippen molar-refractivity contribution >= 4 is 72.9 Å². The van der Waals surface area contributed by atoms with E-state index in [-0.39, 0.29) is 167 Å². The first kappa shape index (κ1) is 90.8. The SMILES string of the molecule is C.C.C.C[C@@]1(O)CC[C@@]2(C)[C@@H](CC[C@@H]3[C@@H]2CC[C@]2(C)[C@@H](C(=O)CBr)CC[C@@H]32)C1.C[C@@]1(O)CC[C@@]2(C)[C@@H](CC[C@@H]3[C@@H]2CC[C@]2(C)[C@@H](C(=O)Cn4nc5ccccc5n4)CC[C@@H]32)C1.C[C@@]1(O)CC[C@@]2(C)[C@@H](CC[C@@H]3[C@@H]2CC[C@]2(C)[C@@H](C(=O)Cn4nnc5ccccc54)CC[C@@H]32)C1.O=CO[O-].[H-].[K+].[K+].c1ccc2n[nH]nc2c1. The summed E-state index contributed by atoms with van der Waals surface area (Å²) in [6.45, 7) is 21.5. The molecule has 12 fully saturated rings. The molecule has 21 heteroatoms. The van der Waals surface area contributed by atoms with Gasteiger partial charge in [-0.05, 0) is 334 Å². The number of hydrogen-bond donors (Lipinski definition) is 4. The molecule has 0 saturated heterocycles. The van der Waals surface area contributed by atoms with Crippen LogP contribution in [0.4, 0.5) is 0 Å². The van der Waals surface area contributed by atoms with Gasteiger partial charge in [-0.15, -0.1) is 5.10 Å². The van der Waals surface area contributed by atoms with Gasteiger partial charge in [-0.2, -0.15) is 30.4 Å². The normalized spacial score (nSPS) is 40.8. The zero-order valence-corrected chi connectivity index (χ0v) is 73.5. The van der Waals surface area contributed by atoms with Crippen LogP contribution in [0.1, 0.15) is 259 Å². The van der Waals surface area contributed by atoms with Gasteiger partial charge >= 0.3 is 103 Å². The van der Waals surface area contributed by atoms with Gasteiger partial charge in [0.25, 0.3) is 6.47 Å². The number of nitrogens with one attached hydrogen (secondary N) is 1. The van der Waals surface area contributed by atoms with Gasteiger partial charge in [0.15, 0.2) is 11.6 Å². The number of nitrogens with zero attached hydrogens (tertiary/aromatic N) is 8. The third-order valence-electron chi connectivity index (χ3n) is 32.8. The first-order valence-electron chi connectivity index (χ1n) is 40.4. The number of Topliss-reactive ketones (excluding diaryl/α,β-unsaturated/α-hetero) is 3. The average Bonchev–Trinajstić information content (AvgIpc) is 1.40. The number of benzene rings is 3. The van der Waals surface area contributed by atoms with Crippen molar-refractivity contribution in [2.45, 2.75) is 288 Å². The summed E-state index contributed by atoms with van der Waals surface area (Å²) in [5.74, 6) is 10.4. The van der Waals surface area contributed by atoms with Crippen LogP contribution in [0, 0.1) is 121 Å². The van der Waals surface area contributed by atoms with Crippen LogP contribution in [-0.2, 0) is 37.2 Å². The number of para-hydroxylation sites is 3. The van der Waals surface area contributed by atoms with Gasteiger partial charge in [0.05, 0.1) is 27.6 Å². The number of fused-ring (bicyclic) bond motifs is 18. The predicted octanol–water partition coefficient (Wildman–Crippen LogP) is 11.6. The van der Waals surface area contributed by atoms with E-state index in [1.54, 1.807) is 9.48 Å². The average molecular weight is 1620 g/mol. The van der Waals surface area contributed by atoms with Gasteiger partial charge < -0.3 is 26.9 Å². The van der Waals surface area contributed by atoms with Crippen LogP contribution in [0.2, 0.25) is 0 Å². The second-order valence-electron chi connectivity index (χ2n) is 38.1. The van der Waals surface area contributed by atoms with E-state index in [0.717, 1.165) is 145 Å². The molecule has 109 heavy (non-hydrogen) atoms. The standard InChI is InChI=1S/2C28H39N3O2.C22H35BrO2.C6H5N3.CH2O3.3CH4.2K.H/c1-26(33)14-15-27(2)18(16-26)8-9-19-20-10-11-22(28(20,3)13-12-21(19)27)25(32)17-31-24-7-5-4-6-23(24)29-30-31;1-26(33)14-15-27(2)18(16-26)8-9-19-20-10-11-22(28(20,3)13-12-21(19)27)25(32)17-31-29-23-6-4-5-7-24(23)30-31;1-20(25)10-11-21(2)14(12-20)4-5-15-16-6-7-18(19(24)13-23)22(16,3)9-8-17(15)21;1-2-4-6-5(3-1)7-9-8-6;2-1-4-3;;;;;;/h2*4-7,18-22,33H,8-17H2,1-3H3;14-18,25H,4-13H2,1-3H3;1-4H,(H,7,8,9);1,3H;3*1H4;;;/q;;;;;;;;2*+1;-1/p-1/t2*18-,19-,20-,21-,22+,26+,27-,28-;14-,15-,16-,17-,18+,20+,21-,22-;;;;;;;;/m000......../s1. The summed E-state index contributed by atoms with van der Waals surface area (Å²) >= 11 is 3.43. The Hall–Kier alpha value is -2.07. The van der Waals surface area contributed by atoms with Gasteiger partial charge in [-0.1, -0.05) is 121 Å². The first-order valence-corrected chi connectivity index (χ1v) is 41.5. The second kappa shape index (κ2) is 35.6. The second-order valence-corrected chi connectivity index (χ2v) is 38.7. The zero-order chi connectivity index (χ0) is 73.6. The number of rotatable bonds is 9. The van der Waals surface area contributed by atoms with Gasteiger partial charge in [0, 0.05) is 17.8 Å². The molecule has 0 radical (unpaired) electrons. The Morgan fingerprint density at radius 3 is 1.17 bits per heavy atom. The molecule has 18 nitrogen and oxygen atoms in total. The molecule has 0 spiro atoms. The fourth-order valence-corrected chi connectivity index (χ4v) is 27.7. The number of ketones is 3. The van der Waals surface area contributed by atoms with Crippen LogP contribution in [0.5, 0.6) is 0 Å². The van der Waals surface area contributed by atoms with Gasteiger partial charge in [-0.3, -0.25) is 19.2 Å². The molecule has 0 amide bonds. The Balaban J connectivity index is 0.000000188. The minimum atomic E-state index is -0.476. The number of aliphatic hydroxyl groups is 3. The Labute approximate surface area is 745 Å². The van der Waals surface area contributed by atoms with Crippen molar-refractivity contribution in [1.82, 2.24) is 45.4 Å². The number of carbonyl (C=O) groups excluding carboxylic acids is 4. The minimum absolute atomic E-state index is 0. The number of aromatic amines is 1. The molecule has 24 atom stereocenters. The van der Waals surface area contributed by atoms with Crippen LogP contribution in [0.25, 0.3) is 33.1 Å². The van der Waals surface area contributed by atoms with Crippen molar-refractivity contribution in [3.63, 3.8) is 0 Å². The monoisotopic (exact) mass is 1620 g/mol. The summed E-state index contributed by atoms with van der Waals surface area (Å²) in [6, 6.07) is 23.5. The third kappa shape index (κ3) is 17.3. The molecular weight excluding hydrogens is 1490 g/mol. The van der Waals surface area contributed by atoms with E-state index in [0.29, 0.717) is 81.6 Å². The van der Waals surface area contributed by atoms with E-state index in [4.69, 9.17) is 10.1 Å². The maximum absolute atomic E-state index is 13.6. The summed E-state index contributed by atoms with van der Waals surface area (Å²) in [7, 11) is 0.